The lowest BCUT2D eigenvalue weighted by molar-refractivity contribution is -0.177. The van der Waals surface area contributed by atoms with Gasteiger partial charge in [-0.15, -0.1) is 0 Å². The number of benzene rings is 1. The predicted molar refractivity (Wildman–Crippen MR) is 78.8 cm³/mol. The normalized spacial score (nSPS) is 10.4. The van der Waals surface area contributed by atoms with Gasteiger partial charge in [0, 0.05) is 13.2 Å². The lowest BCUT2D eigenvalue weighted by Gasteiger charge is -2.16. The highest BCUT2D eigenvalue weighted by Crippen LogP contribution is 2.07. The second kappa shape index (κ2) is 11.4. The fourth-order valence-electron chi connectivity index (χ4n) is 1.97. The Kier molecular flexibility index (Phi) is 9.53. The number of unbranched alkanes of at least 4 members (excludes halogenated alkanes) is 5. The van der Waals surface area contributed by atoms with Crippen molar-refractivity contribution >= 4 is 6.41 Å². The molecule has 0 saturated heterocycles. The number of amides is 1. The van der Waals surface area contributed by atoms with Crippen LogP contribution >= 0.6 is 0 Å². The summed E-state index contributed by atoms with van der Waals surface area (Å²) in [5, 5.41) is 10.0. The van der Waals surface area contributed by atoms with Gasteiger partial charge in [0.2, 0.25) is 6.41 Å². The number of hydrogen-bond acceptors (Lipinski definition) is 3. The molecule has 1 aromatic carbocycles. The van der Waals surface area contributed by atoms with Gasteiger partial charge < -0.3 is 5.11 Å². The zero-order chi connectivity index (χ0) is 14.5. The van der Waals surface area contributed by atoms with E-state index in [4.69, 9.17) is 9.94 Å². The number of rotatable bonds is 12. The maximum absolute atomic E-state index is 10.9. The Labute approximate surface area is 121 Å². The van der Waals surface area contributed by atoms with Crippen molar-refractivity contribution < 1.29 is 14.7 Å². The second-order valence-corrected chi connectivity index (χ2v) is 4.85. The van der Waals surface area contributed by atoms with Gasteiger partial charge in [0.05, 0.1) is 0 Å². The number of carbonyl (C=O) groups excluding carboxylic acids is 1. The Morgan fingerprint density at radius 3 is 2.30 bits per heavy atom. The summed E-state index contributed by atoms with van der Waals surface area (Å²) in [6.45, 7) is 1.35. The lowest BCUT2D eigenvalue weighted by Crippen LogP contribution is -2.23. The van der Waals surface area contributed by atoms with E-state index in [0.29, 0.717) is 13.2 Å². The molecule has 1 rings (SSSR count). The van der Waals surface area contributed by atoms with Crippen molar-refractivity contribution in [2.75, 3.05) is 13.2 Å². The van der Waals surface area contributed by atoms with Crippen molar-refractivity contribution in [2.45, 2.75) is 45.1 Å². The predicted octanol–water partition coefficient (Wildman–Crippen LogP) is 2.91. The topological polar surface area (TPSA) is 49.8 Å². The van der Waals surface area contributed by atoms with Gasteiger partial charge in [-0.05, 0) is 18.4 Å². The molecule has 0 fully saturated rings. The minimum Gasteiger partial charge on any atom is -0.396 e. The summed E-state index contributed by atoms with van der Waals surface area (Å²) < 4.78 is 0. The van der Waals surface area contributed by atoms with Crippen molar-refractivity contribution in [2.24, 2.45) is 0 Å². The number of nitrogens with zero attached hydrogens (tertiary/aromatic N) is 1. The molecule has 1 aromatic rings. The van der Waals surface area contributed by atoms with Crippen LogP contribution in [0.2, 0.25) is 0 Å². The maximum Gasteiger partial charge on any atom is 0.233 e. The van der Waals surface area contributed by atoms with Gasteiger partial charge in [0.25, 0.3) is 0 Å². The monoisotopic (exact) mass is 279 g/mol. The fourth-order valence-corrected chi connectivity index (χ4v) is 1.97. The Hall–Kier alpha value is -1.39. The van der Waals surface area contributed by atoms with Crippen LogP contribution in [0.15, 0.2) is 30.3 Å². The van der Waals surface area contributed by atoms with Crippen LogP contribution in [0.5, 0.6) is 0 Å². The number of hydroxylamine groups is 2. The minimum absolute atomic E-state index is 0.284. The average Bonchev–Trinajstić information content (AvgIpc) is 2.50. The molecule has 0 saturated carbocycles. The highest BCUT2D eigenvalue weighted by molar-refractivity contribution is 5.44. The number of aliphatic hydroxyl groups is 1. The Bertz CT molecular complexity index is 343. The Morgan fingerprint density at radius 1 is 1.00 bits per heavy atom. The molecular formula is C16H25NO3. The Balaban J connectivity index is 2.06. The molecule has 1 amide bonds. The SMILES string of the molecule is O=CN(CCCCCCCCO)OCc1ccccc1. The van der Waals surface area contributed by atoms with E-state index in [1.165, 1.54) is 5.06 Å². The standard InChI is InChI=1S/C16H25NO3/c18-13-9-4-2-1-3-8-12-17(15-19)20-14-16-10-6-5-7-11-16/h5-7,10-11,15,18H,1-4,8-9,12-14H2. The second-order valence-electron chi connectivity index (χ2n) is 4.85. The van der Waals surface area contributed by atoms with Crippen LogP contribution in [0.3, 0.4) is 0 Å². The zero-order valence-electron chi connectivity index (χ0n) is 12.0. The molecule has 0 aliphatic rings. The van der Waals surface area contributed by atoms with Crippen LogP contribution in [-0.4, -0.2) is 29.7 Å². The average molecular weight is 279 g/mol. The third-order valence-electron chi connectivity index (χ3n) is 3.14. The minimum atomic E-state index is 0.284. The van der Waals surface area contributed by atoms with Gasteiger partial charge in [0.1, 0.15) is 6.61 Å². The quantitative estimate of drug-likeness (QED) is 0.363. The summed E-state index contributed by atoms with van der Waals surface area (Å²) >= 11 is 0. The van der Waals surface area contributed by atoms with Crippen LogP contribution in [0.4, 0.5) is 0 Å². The van der Waals surface area contributed by atoms with Gasteiger partial charge in [0.15, 0.2) is 0 Å². The number of carbonyl (C=O) groups is 1. The van der Waals surface area contributed by atoms with Crippen molar-refractivity contribution in [3.8, 4) is 0 Å². The van der Waals surface area contributed by atoms with Crippen molar-refractivity contribution in [3.05, 3.63) is 35.9 Å². The molecule has 4 heteroatoms. The summed E-state index contributed by atoms with van der Waals surface area (Å²) in [7, 11) is 0. The van der Waals surface area contributed by atoms with E-state index in [2.05, 4.69) is 0 Å². The van der Waals surface area contributed by atoms with Gasteiger partial charge in [-0.1, -0.05) is 56.0 Å². The molecule has 20 heavy (non-hydrogen) atoms. The van der Waals surface area contributed by atoms with Crippen LogP contribution in [-0.2, 0) is 16.2 Å². The molecule has 0 spiro atoms. The first kappa shape index (κ1) is 16.7. The molecule has 1 N–H and O–H groups in total. The summed E-state index contributed by atoms with van der Waals surface area (Å²) in [6, 6.07) is 9.82. The van der Waals surface area contributed by atoms with E-state index >= 15 is 0 Å². The molecule has 0 unspecified atom stereocenters. The molecule has 0 atom stereocenters. The largest absolute Gasteiger partial charge is 0.396 e. The summed E-state index contributed by atoms with van der Waals surface area (Å²) in [5.74, 6) is 0. The van der Waals surface area contributed by atoms with Gasteiger partial charge in [-0.3, -0.25) is 9.63 Å². The molecule has 0 heterocycles. The third kappa shape index (κ3) is 7.92. The molecule has 4 nitrogen and oxygen atoms in total. The van der Waals surface area contributed by atoms with Gasteiger partial charge >= 0.3 is 0 Å². The molecule has 0 aliphatic carbocycles. The zero-order valence-corrected chi connectivity index (χ0v) is 12.0. The lowest BCUT2D eigenvalue weighted by atomic mass is 10.1. The highest BCUT2D eigenvalue weighted by atomic mass is 16.7. The smallest absolute Gasteiger partial charge is 0.233 e. The molecular weight excluding hydrogens is 254 g/mol. The van der Waals surface area contributed by atoms with E-state index < -0.39 is 0 Å². The maximum atomic E-state index is 10.9. The summed E-state index contributed by atoms with van der Waals surface area (Å²) in [5.41, 5.74) is 1.06. The molecule has 0 bridgehead atoms. The highest BCUT2D eigenvalue weighted by Gasteiger charge is 2.02. The number of hydrogen-bond donors (Lipinski definition) is 1. The number of aliphatic hydroxyl groups excluding tert-OH is 1. The first-order valence-corrected chi connectivity index (χ1v) is 7.36. The summed E-state index contributed by atoms with van der Waals surface area (Å²) in [4.78, 5) is 16.4. The van der Waals surface area contributed by atoms with Crippen LogP contribution < -0.4 is 0 Å². The first-order chi connectivity index (χ1) is 9.86. The van der Waals surface area contributed by atoms with Crippen LogP contribution in [0.1, 0.15) is 44.1 Å². The fraction of sp³-hybridized carbons (Fsp3) is 0.562. The van der Waals surface area contributed by atoms with Crippen LogP contribution in [0.25, 0.3) is 0 Å². The molecule has 112 valence electrons. The van der Waals surface area contributed by atoms with E-state index in [9.17, 15) is 4.79 Å². The molecule has 0 radical (unpaired) electrons. The van der Waals surface area contributed by atoms with Crippen molar-refractivity contribution in [3.63, 3.8) is 0 Å². The van der Waals surface area contributed by atoms with Gasteiger partial charge in [-0.25, -0.2) is 5.06 Å². The van der Waals surface area contributed by atoms with Crippen molar-refractivity contribution in [1.29, 1.82) is 0 Å². The van der Waals surface area contributed by atoms with E-state index in [1.54, 1.807) is 0 Å². The van der Waals surface area contributed by atoms with E-state index in [-0.39, 0.29) is 6.61 Å². The van der Waals surface area contributed by atoms with Gasteiger partial charge in [-0.2, -0.15) is 0 Å². The first-order valence-electron chi connectivity index (χ1n) is 7.36. The molecule has 0 aromatic heterocycles. The van der Waals surface area contributed by atoms with E-state index in [0.717, 1.165) is 50.5 Å². The molecule has 0 aliphatic heterocycles. The van der Waals surface area contributed by atoms with Crippen molar-refractivity contribution in [1.82, 2.24) is 5.06 Å². The van der Waals surface area contributed by atoms with Crippen LogP contribution in [0, 0.1) is 0 Å². The Morgan fingerprint density at radius 2 is 1.65 bits per heavy atom. The third-order valence-corrected chi connectivity index (χ3v) is 3.14. The van der Waals surface area contributed by atoms with E-state index in [1.807, 2.05) is 30.3 Å². The summed E-state index contributed by atoms with van der Waals surface area (Å²) in [6.07, 6.45) is 7.04.